The van der Waals surface area contributed by atoms with E-state index in [1.807, 2.05) is 36.4 Å². The van der Waals surface area contributed by atoms with E-state index in [1.165, 1.54) is 5.56 Å². The molecule has 4 nitrogen and oxygen atoms in total. The second-order valence-corrected chi connectivity index (χ2v) is 9.52. The molecule has 0 unspecified atom stereocenters. The molecule has 4 aromatic rings. The van der Waals surface area contributed by atoms with Crippen molar-refractivity contribution in [3.05, 3.63) is 82.3 Å². The van der Waals surface area contributed by atoms with Crippen molar-refractivity contribution < 1.29 is 5.11 Å². The number of aliphatic hydroxyl groups is 1. The van der Waals surface area contributed by atoms with Crippen LogP contribution >= 0.6 is 23.2 Å². The molecule has 166 valence electrons. The predicted octanol–water partition coefficient (Wildman–Crippen LogP) is 5.28. The van der Waals surface area contributed by atoms with Gasteiger partial charge in [-0.25, -0.2) is 0 Å². The average molecular weight is 468 g/mol. The third kappa shape index (κ3) is 4.66. The van der Waals surface area contributed by atoms with Crippen LogP contribution in [0.15, 0.2) is 66.7 Å². The number of rotatable bonds is 6. The molecule has 3 aromatic carbocycles. The van der Waals surface area contributed by atoms with Crippen LogP contribution in [0.25, 0.3) is 21.8 Å². The molecule has 2 heterocycles. The second kappa shape index (κ2) is 9.42. The summed E-state index contributed by atoms with van der Waals surface area (Å²) in [6, 6.07) is 22.4. The monoisotopic (exact) mass is 467 g/mol. The molecule has 1 saturated heterocycles. The normalized spacial score (nSPS) is 16.7. The Balaban J connectivity index is 1.26. The summed E-state index contributed by atoms with van der Waals surface area (Å²) >= 11 is 12.5. The van der Waals surface area contributed by atoms with E-state index in [4.69, 9.17) is 23.2 Å². The van der Waals surface area contributed by atoms with Crippen molar-refractivity contribution in [3.63, 3.8) is 0 Å². The molecule has 0 saturated carbocycles. The number of piperazine rings is 1. The van der Waals surface area contributed by atoms with E-state index in [1.54, 1.807) is 0 Å². The van der Waals surface area contributed by atoms with Gasteiger partial charge in [0.25, 0.3) is 0 Å². The molecule has 1 N–H and O–H groups in total. The molecule has 0 spiro atoms. The van der Waals surface area contributed by atoms with Gasteiger partial charge in [-0.3, -0.25) is 9.80 Å². The highest BCUT2D eigenvalue weighted by Gasteiger charge is 2.21. The highest BCUT2D eigenvalue weighted by atomic mass is 35.5. The molecule has 5 rings (SSSR count). The zero-order chi connectivity index (χ0) is 22.1. The standard InChI is InChI=1S/C26H27Cl2N3O/c27-20-6-8-25-23(14-20)24-15-21(28)7-9-26(24)31(25)18-22(32)17-30-12-10-29(11-13-30)16-19-4-2-1-3-5-19/h1-9,14-15,22,32H,10-13,16-18H2/t22-/m0/s1. The van der Waals surface area contributed by atoms with Crippen LogP contribution in [0.3, 0.4) is 0 Å². The van der Waals surface area contributed by atoms with E-state index in [9.17, 15) is 5.11 Å². The molecule has 1 aliphatic rings. The smallest absolute Gasteiger partial charge is 0.0845 e. The molecule has 1 aromatic heterocycles. The summed E-state index contributed by atoms with van der Waals surface area (Å²) in [5, 5.41) is 14.5. The van der Waals surface area contributed by atoms with Crippen LogP contribution in [0.5, 0.6) is 0 Å². The Morgan fingerprint density at radius 3 is 1.88 bits per heavy atom. The van der Waals surface area contributed by atoms with E-state index in [-0.39, 0.29) is 0 Å². The van der Waals surface area contributed by atoms with Gasteiger partial charge in [0.15, 0.2) is 0 Å². The van der Waals surface area contributed by atoms with Gasteiger partial charge in [0.2, 0.25) is 0 Å². The molecule has 1 aliphatic heterocycles. The number of aliphatic hydroxyl groups excluding tert-OH is 1. The summed E-state index contributed by atoms with van der Waals surface area (Å²) in [5.41, 5.74) is 3.49. The number of fused-ring (bicyclic) bond motifs is 3. The first-order valence-corrected chi connectivity index (χ1v) is 11.9. The minimum Gasteiger partial charge on any atom is -0.390 e. The Labute approximate surface area is 198 Å². The maximum atomic E-state index is 11.0. The number of benzene rings is 3. The number of β-amino-alcohol motifs (C(OH)–C–C–N with tert-alkyl or cyclic N) is 1. The minimum absolute atomic E-state index is 0.458. The predicted molar refractivity (Wildman–Crippen MR) is 134 cm³/mol. The van der Waals surface area contributed by atoms with Crippen LogP contribution in [0, 0.1) is 0 Å². The highest BCUT2D eigenvalue weighted by molar-refractivity contribution is 6.33. The number of halogens is 2. The molecule has 1 fully saturated rings. The van der Waals surface area contributed by atoms with Gasteiger partial charge >= 0.3 is 0 Å². The largest absolute Gasteiger partial charge is 0.390 e. The first-order chi connectivity index (χ1) is 15.6. The van der Waals surface area contributed by atoms with Gasteiger partial charge in [0.1, 0.15) is 0 Å². The number of hydrogen-bond donors (Lipinski definition) is 1. The van der Waals surface area contributed by atoms with Gasteiger partial charge < -0.3 is 9.67 Å². The molecule has 32 heavy (non-hydrogen) atoms. The molecular weight excluding hydrogens is 441 g/mol. The van der Waals surface area contributed by atoms with Crippen LogP contribution in [0.2, 0.25) is 10.0 Å². The molecule has 6 heteroatoms. The van der Waals surface area contributed by atoms with Crippen molar-refractivity contribution in [1.82, 2.24) is 14.4 Å². The van der Waals surface area contributed by atoms with E-state index >= 15 is 0 Å². The third-order valence-corrected chi connectivity index (χ3v) is 6.84. The number of aromatic nitrogens is 1. The van der Waals surface area contributed by atoms with Crippen LogP contribution in [0.4, 0.5) is 0 Å². The first-order valence-electron chi connectivity index (χ1n) is 11.1. The fraction of sp³-hybridized carbons (Fsp3) is 0.308. The zero-order valence-electron chi connectivity index (χ0n) is 17.9. The summed E-state index contributed by atoms with van der Waals surface area (Å²) < 4.78 is 2.19. The van der Waals surface area contributed by atoms with E-state index in [0.717, 1.165) is 54.5 Å². The van der Waals surface area contributed by atoms with E-state index in [2.05, 4.69) is 44.7 Å². The SMILES string of the molecule is O[C@@H](CN1CCN(Cc2ccccc2)CC1)Cn1c2ccc(Cl)cc2c2cc(Cl)ccc21. The number of nitrogens with zero attached hydrogens (tertiary/aromatic N) is 3. The Bertz CT molecular complexity index is 1160. The summed E-state index contributed by atoms with van der Waals surface area (Å²) in [6.07, 6.45) is -0.458. The third-order valence-electron chi connectivity index (χ3n) is 6.37. The van der Waals surface area contributed by atoms with Gasteiger partial charge in [-0.1, -0.05) is 53.5 Å². The Hall–Kier alpha value is -2.08. The summed E-state index contributed by atoms with van der Waals surface area (Å²) in [4.78, 5) is 4.85. The topological polar surface area (TPSA) is 31.6 Å². The van der Waals surface area contributed by atoms with Crippen molar-refractivity contribution in [2.45, 2.75) is 19.2 Å². The summed E-state index contributed by atoms with van der Waals surface area (Å²) in [6.45, 7) is 6.19. The fourth-order valence-corrected chi connectivity index (χ4v) is 5.13. The fourth-order valence-electron chi connectivity index (χ4n) is 4.78. The van der Waals surface area contributed by atoms with E-state index in [0.29, 0.717) is 23.1 Å². The Morgan fingerprint density at radius 1 is 0.719 bits per heavy atom. The number of hydrogen-bond acceptors (Lipinski definition) is 3. The minimum atomic E-state index is -0.458. The maximum absolute atomic E-state index is 11.0. The van der Waals surface area contributed by atoms with Gasteiger partial charge in [-0.05, 0) is 42.0 Å². The van der Waals surface area contributed by atoms with Crippen molar-refractivity contribution in [2.24, 2.45) is 0 Å². The van der Waals surface area contributed by atoms with Crippen LogP contribution in [-0.2, 0) is 13.1 Å². The lowest BCUT2D eigenvalue weighted by Crippen LogP contribution is -2.48. The lowest BCUT2D eigenvalue weighted by atomic mass is 10.1. The maximum Gasteiger partial charge on any atom is 0.0845 e. The van der Waals surface area contributed by atoms with Gasteiger partial charge in [0.05, 0.1) is 12.6 Å². The van der Waals surface area contributed by atoms with Crippen LogP contribution in [-0.4, -0.2) is 58.3 Å². The summed E-state index contributed by atoms with van der Waals surface area (Å²) in [7, 11) is 0. The lowest BCUT2D eigenvalue weighted by molar-refractivity contribution is 0.0634. The van der Waals surface area contributed by atoms with Gasteiger partial charge in [-0.2, -0.15) is 0 Å². The first kappa shape index (κ1) is 21.7. The molecule has 0 bridgehead atoms. The molecule has 0 aliphatic carbocycles. The molecule has 0 amide bonds. The lowest BCUT2D eigenvalue weighted by Gasteiger charge is -2.35. The quantitative estimate of drug-likeness (QED) is 0.418. The van der Waals surface area contributed by atoms with Gasteiger partial charge in [0, 0.05) is 71.1 Å². The molecule has 0 radical (unpaired) electrons. The van der Waals surface area contributed by atoms with Crippen molar-refractivity contribution in [1.29, 1.82) is 0 Å². The highest BCUT2D eigenvalue weighted by Crippen LogP contribution is 2.33. The Morgan fingerprint density at radius 2 is 1.28 bits per heavy atom. The van der Waals surface area contributed by atoms with Crippen LogP contribution < -0.4 is 0 Å². The average Bonchev–Trinajstić information content (AvgIpc) is 3.08. The van der Waals surface area contributed by atoms with Crippen molar-refractivity contribution in [2.75, 3.05) is 32.7 Å². The van der Waals surface area contributed by atoms with Crippen molar-refractivity contribution >= 4 is 45.0 Å². The zero-order valence-corrected chi connectivity index (χ0v) is 19.4. The second-order valence-electron chi connectivity index (χ2n) is 8.65. The van der Waals surface area contributed by atoms with Gasteiger partial charge in [-0.15, -0.1) is 0 Å². The molecular formula is C26H27Cl2N3O. The van der Waals surface area contributed by atoms with Crippen molar-refractivity contribution in [3.8, 4) is 0 Å². The Kier molecular flexibility index (Phi) is 6.40. The van der Waals surface area contributed by atoms with Crippen LogP contribution in [0.1, 0.15) is 5.56 Å². The van der Waals surface area contributed by atoms with E-state index < -0.39 is 6.10 Å². The molecule has 1 atom stereocenters. The summed E-state index contributed by atoms with van der Waals surface area (Å²) in [5.74, 6) is 0.